The van der Waals surface area contributed by atoms with Gasteiger partial charge in [0.15, 0.2) is 0 Å². The third kappa shape index (κ3) is 5.65. The van der Waals surface area contributed by atoms with E-state index in [1.807, 2.05) is 5.06 Å². The van der Waals surface area contributed by atoms with E-state index in [1.54, 1.807) is 13.8 Å². The highest BCUT2D eigenvalue weighted by atomic mass is 16.7. The van der Waals surface area contributed by atoms with E-state index < -0.39 is 18.1 Å². The number of hydrogen-bond donors (Lipinski definition) is 1. The van der Waals surface area contributed by atoms with Crippen molar-refractivity contribution in [3.05, 3.63) is 0 Å². The first-order valence-corrected chi connectivity index (χ1v) is 9.55. The molecule has 0 radical (unpaired) electrons. The zero-order valence-electron chi connectivity index (χ0n) is 15.1. The average Bonchev–Trinajstić information content (AvgIpc) is 2.61. The molecule has 2 rings (SSSR count). The Kier molecular flexibility index (Phi) is 7.82. The highest BCUT2D eigenvalue weighted by molar-refractivity contribution is 5.80. The fourth-order valence-corrected chi connectivity index (χ4v) is 3.71. The number of ether oxygens (including phenoxy) is 1. The largest absolute Gasteiger partial charge is 0.450 e. The van der Waals surface area contributed by atoms with E-state index >= 15 is 0 Å². The molecule has 1 atom stereocenters. The number of rotatable bonds is 6. The average molecular weight is 340 g/mol. The van der Waals surface area contributed by atoms with Gasteiger partial charge in [-0.05, 0) is 39.5 Å². The van der Waals surface area contributed by atoms with Crippen LogP contribution < -0.4 is 5.32 Å². The first-order valence-electron chi connectivity index (χ1n) is 9.55. The lowest BCUT2D eigenvalue weighted by atomic mass is 9.90. The molecule has 0 bridgehead atoms. The topological polar surface area (TPSA) is 67.9 Å². The van der Waals surface area contributed by atoms with Gasteiger partial charge in [-0.15, -0.1) is 5.06 Å². The maximum atomic E-state index is 12.4. The molecule has 1 N–H and O–H groups in total. The van der Waals surface area contributed by atoms with Crippen LogP contribution in [0.5, 0.6) is 0 Å². The summed E-state index contributed by atoms with van der Waals surface area (Å²) in [6.07, 6.45) is 11.1. The van der Waals surface area contributed by atoms with Gasteiger partial charge in [0.05, 0.1) is 6.61 Å². The van der Waals surface area contributed by atoms with E-state index in [0.717, 1.165) is 25.7 Å². The maximum absolute atomic E-state index is 12.4. The van der Waals surface area contributed by atoms with Gasteiger partial charge < -0.3 is 14.9 Å². The van der Waals surface area contributed by atoms with Crippen LogP contribution in [0.15, 0.2) is 0 Å². The summed E-state index contributed by atoms with van der Waals surface area (Å²) >= 11 is 0. The third-order valence-corrected chi connectivity index (χ3v) is 5.03. The summed E-state index contributed by atoms with van der Waals surface area (Å²) in [7, 11) is 0. The lowest BCUT2D eigenvalue weighted by Gasteiger charge is -2.39. The maximum Gasteiger partial charge on any atom is 0.407 e. The molecule has 0 aromatic rings. The molecule has 0 unspecified atom stereocenters. The van der Waals surface area contributed by atoms with Crippen molar-refractivity contribution in [2.24, 2.45) is 0 Å². The molecule has 0 saturated heterocycles. The van der Waals surface area contributed by atoms with Crippen molar-refractivity contribution >= 4 is 12.1 Å². The number of alkyl carbamates (subject to hydrolysis) is 1. The standard InChI is InChI=1S/C18H32N2O4/c1-3-23-18(22)19-14(2)17(21)24-20(15-10-6-4-7-11-15)16-12-8-5-9-13-16/h14-16H,3-13H2,1-2H3,(H,19,22)/t14-/m0/s1. The second-order valence-corrected chi connectivity index (χ2v) is 6.94. The van der Waals surface area contributed by atoms with E-state index in [2.05, 4.69) is 5.32 Å². The summed E-state index contributed by atoms with van der Waals surface area (Å²) in [5.41, 5.74) is 0. The smallest absolute Gasteiger partial charge is 0.407 e. The Labute approximate surface area is 145 Å². The van der Waals surface area contributed by atoms with Crippen LogP contribution in [0.1, 0.15) is 78.1 Å². The number of hydrogen-bond acceptors (Lipinski definition) is 5. The lowest BCUT2D eigenvalue weighted by Crippen LogP contribution is -2.49. The second-order valence-electron chi connectivity index (χ2n) is 6.94. The molecule has 2 aliphatic rings. The van der Waals surface area contributed by atoms with Crippen LogP contribution in [0.25, 0.3) is 0 Å². The van der Waals surface area contributed by atoms with Crippen molar-refractivity contribution < 1.29 is 19.2 Å². The highest BCUT2D eigenvalue weighted by Crippen LogP contribution is 2.30. The zero-order valence-corrected chi connectivity index (χ0v) is 15.1. The van der Waals surface area contributed by atoms with Gasteiger partial charge in [-0.2, -0.15) is 0 Å². The highest BCUT2D eigenvalue weighted by Gasteiger charge is 2.33. The third-order valence-electron chi connectivity index (χ3n) is 5.03. The quantitative estimate of drug-likeness (QED) is 0.749. The van der Waals surface area contributed by atoms with Gasteiger partial charge in [0.25, 0.3) is 0 Å². The first kappa shape index (κ1) is 19.0. The SMILES string of the molecule is CCOC(=O)N[C@@H](C)C(=O)ON(C1CCCCC1)C1CCCCC1. The molecule has 6 heteroatoms. The Morgan fingerprint density at radius 3 is 1.96 bits per heavy atom. The van der Waals surface area contributed by atoms with Crippen molar-refractivity contribution in [1.29, 1.82) is 0 Å². The van der Waals surface area contributed by atoms with Crippen LogP contribution in [0.2, 0.25) is 0 Å². The minimum absolute atomic E-state index is 0.282. The van der Waals surface area contributed by atoms with Gasteiger partial charge in [0.1, 0.15) is 6.04 Å². The molecule has 2 fully saturated rings. The van der Waals surface area contributed by atoms with Gasteiger partial charge in [-0.1, -0.05) is 38.5 Å². The molecule has 0 aromatic heterocycles. The summed E-state index contributed by atoms with van der Waals surface area (Å²) in [4.78, 5) is 29.7. The summed E-state index contributed by atoms with van der Waals surface area (Å²) < 4.78 is 4.83. The van der Waals surface area contributed by atoms with Crippen LogP contribution in [-0.2, 0) is 14.4 Å². The summed E-state index contributed by atoms with van der Waals surface area (Å²) in [5, 5.41) is 4.51. The summed E-state index contributed by atoms with van der Waals surface area (Å²) in [6, 6.07) is -0.0695. The molecular formula is C18H32N2O4. The Morgan fingerprint density at radius 1 is 1.00 bits per heavy atom. The van der Waals surface area contributed by atoms with Crippen LogP contribution >= 0.6 is 0 Å². The Hall–Kier alpha value is -1.30. The van der Waals surface area contributed by atoms with E-state index in [4.69, 9.17) is 9.57 Å². The van der Waals surface area contributed by atoms with Crippen molar-refractivity contribution in [3.8, 4) is 0 Å². The lowest BCUT2D eigenvalue weighted by molar-refractivity contribution is -0.224. The number of hydroxylamine groups is 2. The Morgan fingerprint density at radius 2 is 1.50 bits per heavy atom. The van der Waals surface area contributed by atoms with Gasteiger partial charge in [-0.3, -0.25) is 0 Å². The fraction of sp³-hybridized carbons (Fsp3) is 0.889. The zero-order chi connectivity index (χ0) is 17.4. The molecule has 0 aliphatic heterocycles. The molecule has 2 aliphatic carbocycles. The van der Waals surface area contributed by atoms with Gasteiger partial charge >= 0.3 is 12.1 Å². The monoisotopic (exact) mass is 340 g/mol. The van der Waals surface area contributed by atoms with Crippen LogP contribution in [-0.4, -0.2) is 41.9 Å². The predicted octanol–water partition coefficient (Wildman–Crippen LogP) is 3.55. The van der Waals surface area contributed by atoms with Crippen LogP contribution in [0, 0.1) is 0 Å². The van der Waals surface area contributed by atoms with Crippen LogP contribution in [0.4, 0.5) is 4.79 Å². The minimum atomic E-state index is -0.710. The first-order chi connectivity index (χ1) is 11.6. The molecule has 1 amide bonds. The fourth-order valence-electron chi connectivity index (χ4n) is 3.71. The molecule has 24 heavy (non-hydrogen) atoms. The molecule has 0 heterocycles. The molecule has 0 spiro atoms. The molecule has 6 nitrogen and oxygen atoms in total. The molecule has 2 saturated carbocycles. The number of amides is 1. The summed E-state index contributed by atoms with van der Waals surface area (Å²) in [6.45, 7) is 3.65. The number of carbonyl (C=O) groups excluding carboxylic acids is 2. The van der Waals surface area contributed by atoms with Crippen molar-refractivity contribution in [3.63, 3.8) is 0 Å². The Balaban J connectivity index is 1.95. The molecule has 0 aromatic carbocycles. The van der Waals surface area contributed by atoms with Crippen molar-refractivity contribution in [2.45, 2.75) is 96.2 Å². The van der Waals surface area contributed by atoms with Gasteiger partial charge in [0.2, 0.25) is 0 Å². The second kappa shape index (κ2) is 9.87. The van der Waals surface area contributed by atoms with Gasteiger partial charge in [0, 0.05) is 12.1 Å². The minimum Gasteiger partial charge on any atom is -0.450 e. The van der Waals surface area contributed by atoms with Gasteiger partial charge in [-0.25, -0.2) is 9.59 Å². The van der Waals surface area contributed by atoms with E-state index in [0.29, 0.717) is 12.1 Å². The van der Waals surface area contributed by atoms with Crippen molar-refractivity contribution in [2.75, 3.05) is 6.61 Å². The van der Waals surface area contributed by atoms with E-state index in [1.165, 1.54) is 38.5 Å². The van der Waals surface area contributed by atoms with E-state index in [9.17, 15) is 9.59 Å². The predicted molar refractivity (Wildman–Crippen MR) is 91.3 cm³/mol. The molecule has 138 valence electrons. The summed E-state index contributed by atoms with van der Waals surface area (Å²) in [5.74, 6) is -0.404. The molecular weight excluding hydrogens is 308 g/mol. The van der Waals surface area contributed by atoms with Crippen molar-refractivity contribution in [1.82, 2.24) is 10.4 Å². The Bertz CT molecular complexity index is 386. The number of nitrogens with zero attached hydrogens (tertiary/aromatic N) is 1. The van der Waals surface area contributed by atoms with Crippen LogP contribution in [0.3, 0.4) is 0 Å². The number of carbonyl (C=O) groups is 2. The normalized spacial score (nSPS) is 21.3. The van der Waals surface area contributed by atoms with E-state index in [-0.39, 0.29) is 6.61 Å². The number of nitrogens with one attached hydrogen (secondary N) is 1.